The molecule has 2 aromatic heterocycles. The molecule has 0 radical (unpaired) electrons. The number of hydrogen-bond donors (Lipinski definition) is 2. The summed E-state index contributed by atoms with van der Waals surface area (Å²) < 4.78 is 0. The number of carbonyl (C=O) groups is 1. The predicted molar refractivity (Wildman–Crippen MR) is 103 cm³/mol. The van der Waals surface area contributed by atoms with Gasteiger partial charge in [0.2, 0.25) is 5.91 Å². The summed E-state index contributed by atoms with van der Waals surface area (Å²) in [4.78, 5) is 20.4. The van der Waals surface area contributed by atoms with Crippen molar-refractivity contribution in [3.63, 3.8) is 0 Å². The Morgan fingerprint density at radius 3 is 2.52 bits per heavy atom. The zero-order valence-corrected chi connectivity index (χ0v) is 14.8. The van der Waals surface area contributed by atoms with Gasteiger partial charge in [-0.3, -0.25) is 9.78 Å². The van der Waals surface area contributed by atoms with Crippen molar-refractivity contribution in [2.45, 2.75) is 26.2 Å². The molecular formula is C19H20N4OS. The van der Waals surface area contributed by atoms with E-state index in [-0.39, 0.29) is 5.91 Å². The first kappa shape index (κ1) is 17.1. The molecule has 0 aliphatic carbocycles. The summed E-state index contributed by atoms with van der Waals surface area (Å²) in [5.74, 6) is 0.0597. The van der Waals surface area contributed by atoms with E-state index >= 15 is 0 Å². The Balaban J connectivity index is 1.60. The molecule has 2 heterocycles. The van der Waals surface area contributed by atoms with E-state index < -0.39 is 0 Å². The van der Waals surface area contributed by atoms with Crippen LogP contribution in [0.1, 0.15) is 26.2 Å². The number of nitrogens with zero attached hydrogens (tertiary/aromatic N) is 2. The molecule has 0 fully saturated rings. The molecule has 0 saturated carbocycles. The molecule has 3 rings (SSSR count). The quantitative estimate of drug-likeness (QED) is 0.622. The van der Waals surface area contributed by atoms with Crippen LogP contribution in [0.3, 0.4) is 0 Å². The maximum atomic E-state index is 11.7. The summed E-state index contributed by atoms with van der Waals surface area (Å²) in [7, 11) is 0. The van der Waals surface area contributed by atoms with Crippen LogP contribution in [0.15, 0.2) is 54.2 Å². The number of benzene rings is 1. The molecule has 0 atom stereocenters. The van der Waals surface area contributed by atoms with Crippen LogP contribution in [0, 0.1) is 0 Å². The van der Waals surface area contributed by atoms with Crippen molar-refractivity contribution in [3.8, 4) is 11.3 Å². The number of rotatable bonds is 7. The van der Waals surface area contributed by atoms with Gasteiger partial charge in [-0.25, -0.2) is 4.98 Å². The molecular weight excluding hydrogens is 332 g/mol. The first-order chi connectivity index (χ1) is 12.2. The Morgan fingerprint density at radius 1 is 1.08 bits per heavy atom. The predicted octanol–water partition coefficient (Wildman–Crippen LogP) is 5.08. The van der Waals surface area contributed by atoms with Gasteiger partial charge < -0.3 is 10.6 Å². The van der Waals surface area contributed by atoms with Gasteiger partial charge in [0.05, 0.1) is 5.69 Å². The summed E-state index contributed by atoms with van der Waals surface area (Å²) in [6, 6.07) is 11.5. The fourth-order valence-corrected chi connectivity index (χ4v) is 3.05. The number of amides is 1. The molecule has 0 aliphatic heterocycles. The number of carbonyl (C=O) groups excluding carboxylic acids is 1. The van der Waals surface area contributed by atoms with E-state index in [1.54, 1.807) is 23.7 Å². The van der Waals surface area contributed by atoms with Gasteiger partial charge in [-0.05, 0) is 42.8 Å². The van der Waals surface area contributed by atoms with Crippen molar-refractivity contribution in [2.24, 2.45) is 0 Å². The summed E-state index contributed by atoms with van der Waals surface area (Å²) in [6.45, 7) is 2.08. The van der Waals surface area contributed by atoms with Gasteiger partial charge in [0.15, 0.2) is 5.13 Å². The Hall–Kier alpha value is -2.73. The molecule has 6 heteroatoms. The Morgan fingerprint density at radius 2 is 1.80 bits per heavy atom. The molecule has 0 bridgehead atoms. The lowest BCUT2D eigenvalue weighted by Gasteiger charge is -2.07. The van der Waals surface area contributed by atoms with E-state index in [0.717, 1.165) is 40.6 Å². The second-order valence-electron chi connectivity index (χ2n) is 5.63. The molecule has 0 spiro atoms. The van der Waals surface area contributed by atoms with Crippen molar-refractivity contribution in [1.82, 2.24) is 9.97 Å². The average Bonchev–Trinajstić information content (AvgIpc) is 3.11. The van der Waals surface area contributed by atoms with Crippen LogP contribution in [-0.2, 0) is 4.79 Å². The van der Waals surface area contributed by atoms with E-state index in [2.05, 4.69) is 27.5 Å². The molecule has 0 aliphatic rings. The van der Waals surface area contributed by atoms with Crippen LogP contribution in [0.4, 0.5) is 16.5 Å². The maximum Gasteiger partial charge on any atom is 0.224 e. The van der Waals surface area contributed by atoms with E-state index in [4.69, 9.17) is 0 Å². The summed E-state index contributed by atoms with van der Waals surface area (Å²) in [6.07, 6.45) is 6.01. The summed E-state index contributed by atoms with van der Waals surface area (Å²) >= 11 is 1.55. The summed E-state index contributed by atoms with van der Waals surface area (Å²) in [5, 5.41) is 9.04. The lowest BCUT2D eigenvalue weighted by Crippen LogP contribution is -2.10. The molecule has 5 nitrogen and oxygen atoms in total. The Kier molecular flexibility index (Phi) is 5.74. The van der Waals surface area contributed by atoms with Crippen molar-refractivity contribution >= 4 is 33.8 Å². The molecule has 0 saturated heterocycles. The minimum atomic E-state index is 0.0597. The normalized spacial score (nSPS) is 10.4. The Labute approximate surface area is 151 Å². The van der Waals surface area contributed by atoms with Gasteiger partial charge in [0, 0.05) is 41.1 Å². The van der Waals surface area contributed by atoms with Gasteiger partial charge in [0.1, 0.15) is 0 Å². The third-order valence-corrected chi connectivity index (χ3v) is 4.42. The molecule has 1 amide bonds. The van der Waals surface area contributed by atoms with Crippen molar-refractivity contribution in [3.05, 3.63) is 54.2 Å². The highest BCUT2D eigenvalue weighted by molar-refractivity contribution is 7.14. The van der Waals surface area contributed by atoms with E-state index in [1.165, 1.54) is 0 Å². The van der Waals surface area contributed by atoms with E-state index in [1.807, 2.05) is 41.8 Å². The lowest BCUT2D eigenvalue weighted by atomic mass is 10.2. The topological polar surface area (TPSA) is 66.9 Å². The van der Waals surface area contributed by atoms with Crippen LogP contribution in [-0.4, -0.2) is 15.9 Å². The van der Waals surface area contributed by atoms with Crippen molar-refractivity contribution in [2.75, 3.05) is 10.6 Å². The molecule has 0 unspecified atom stereocenters. The minimum absolute atomic E-state index is 0.0597. The minimum Gasteiger partial charge on any atom is -0.332 e. The second kappa shape index (κ2) is 8.39. The largest absolute Gasteiger partial charge is 0.332 e. The van der Waals surface area contributed by atoms with Crippen LogP contribution in [0.25, 0.3) is 11.3 Å². The first-order valence-electron chi connectivity index (χ1n) is 8.27. The summed E-state index contributed by atoms with van der Waals surface area (Å²) in [5.41, 5.74) is 3.71. The van der Waals surface area contributed by atoms with E-state index in [0.29, 0.717) is 6.42 Å². The standard InChI is InChI=1S/C19H20N4OS/c1-2-3-4-18(24)21-15-5-7-16(8-6-15)22-19-23-17(13-25-19)14-9-11-20-12-10-14/h5-13H,2-4H2,1H3,(H,21,24)(H,22,23). The van der Waals surface area contributed by atoms with Crippen LogP contribution in [0.5, 0.6) is 0 Å². The SMILES string of the molecule is CCCCC(=O)Nc1ccc(Nc2nc(-c3ccncc3)cs2)cc1. The third kappa shape index (κ3) is 4.87. The van der Waals surface area contributed by atoms with Gasteiger partial charge in [-0.1, -0.05) is 13.3 Å². The zero-order chi connectivity index (χ0) is 17.5. The van der Waals surface area contributed by atoms with Crippen LogP contribution in [0.2, 0.25) is 0 Å². The number of aromatic nitrogens is 2. The number of thiazole rings is 1. The fraction of sp³-hybridized carbons (Fsp3) is 0.211. The van der Waals surface area contributed by atoms with Crippen LogP contribution >= 0.6 is 11.3 Å². The number of nitrogens with one attached hydrogen (secondary N) is 2. The second-order valence-corrected chi connectivity index (χ2v) is 6.49. The number of unbranched alkanes of at least 4 members (excludes halogenated alkanes) is 1. The fourth-order valence-electron chi connectivity index (χ4n) is 2.31. The molecule has 25 heavy (non-hydrogen) atoms. The number of hydrogen-bond acceptors (Lipinski definition) is 5. The van der Waals surface area contributed by atoms with Gasteiger partial charge in [-0.15, -0.1) is 11.3 Å². The number of anilines is 3. The third-order valence-electron chi connectivity index (χ3n) is 3.66. The lowest BCUT2D eigenvalue weighted by molar-refractivity contribution is -0.116. The molecule has 3 aromatic rings. The number of pyridine rings is 1. The highest BCUT2D eigenvalue weighted by atomic mass is 32.1. The molecule has 2 N–H and O–H groups in total. The highest BCUT2D eigenvalue weighted by Crippen LogP contribution is 2.27. The highest BCUT2D eigenvalue weighted by Gasteiger charge is 2.05. The molecule has 1 aromatic carbocycles. The first-order valence-corrected chi connectivity index (χ1v) is 9.15. The smallest absolute Gasteiger partial charge is 0.224 e. The van der Waals surface area contributed by atoms with Gasteiger partial charge >= 0.3 is 0 Å². The zero-order valence-electron chi connectivity index (χ0n) is 14.0. The van der Waals surface area contributed by atoms with E-state index in [9.17, 15) is 4.79 Å². The maximum absolute atomic E-state index is 11.7. The van der Waals surface area contributed by atoms with Crippen molar-refractivity contribution < 1.29 is 4.79 Å². The average molecular weight is 352 g/mol. The monoisotopic (exact) mass is 352 g/mol. The molecule has 128 valence electrons. The Bertz CT molecular complexity index is 815. The van der Waals surface area contributed by atoms with Crippen LogP contribution < -0.4 is 10.6 Å². The van der Waals surface area contributed by atoms with Gasteiger partial charge in [0.25, 0.3) is 0 Å². The van der Waals surface area contributed by atoms with Gasteiger partial charge in [-0.2, -0.15) is 0 Å². The van der Waals surface area contributed by atoms with Crippen molar-refractivity contribution in [1.29, 1.82) is 0 Å².